The van der Waals surface area contributed by atoms with Crippen LogP contribution in [0.15, 0.2) is 23.8 Å². The second kappa shape index (κ2) is 5.42. The van der Waals surface area contributed by atoms with Gasteiger partial charge in [-0.05, 0) is 24.8 Å². The van der Waals surface area contributed by atoms with Crippen molar-refractivity contribution in [2.75, 3.05) is 0 Å². The van der Waals surface area contributed by atoms with Gasteiger partial charge in [0, 0.05) is 18.0 Å². The minimum absolute atomic E-state index is 0.203. The summed E-state index contributed by atoms with van der Waals surface area (Å²) in [5, 5.41) is 13.8. The molecule has 0 aliphatic heterocycles. The minimum Gasteiger partial charge on any atom is -0.319 e. The van der Waals surface area contributed by atoms with Crippen molar-refractivity contribution in [1.82, 2.24) is 20.1 Å². The molecule has 0 bridgehead atoms. The first-order valence-corrected chi connectivity index (χ1v) is 6.73. The Balaban J connectivity index is 2.07. The Morgan fingerprint density at radius 1 is 1.53 bits per heavy atom. The Kier molecular flexibility index (Phi) is 3.91. The first kappa shape index (κ1) is 12.3. The summed E-state index contributed by atoms with van der Waals surface area (Å²) >= 11 is 1.79. The molecule has 0 fully saturated rings. The van der Waals surface area contributed by atoms with Crippen molar-refractivity contribution in [3.05, 3.63) is 34.5 Å². The van der Waals surface area contributed by atoms with Gasteiger partial charge in [-0.2, -0.15) is 0 Å². The molecular weight excluding hydrogens is 232 g/mol. The second-order valence-corrected chi connectivity index (χ2v) is 5.14. The Morgan fingerprint density at radius 3 is 2.88 bits per heavy atom. The van der Waals surface area contributed by atoms with Crippen molar-refractivity contribution in [3.8, 4) is 0 Å². The molecule has 2 aromatic heterocycles. The number of hydrogen-bond donors (Lipinski definition) is 1. The highest BCUT2D eigenvalue weighted by molar-refractivity contribution is 7.10. The molecule has 0 saturated carbocycles. The summed E-state index contributed by atoms with van der Waals surface area (Å²) in [6, 6.07) is 4.86. The van der Waals surface area contributed by atoms with E-state index in [-0.39, 0.29) is 6.04 Å². The number of rotatable bonds is 5. The summed E-state index contributed by atoms with van der Waals surface area (Å²) in [5.74, 6) is 0.972. The monoisotopic (exact) mass is 250 g/mol. The topological polar surface area (TPSA) is 42.7 Å². The zero-order chi connectivity index (χ0) is 12.3. The van der Waals surface area contributed by atoms with Crippen molar-refractivity contribution < 1.29 is 0 Å². The predicted molar refractivity (Wildman–Crippen MR) is 69.9 cm³/mol. The van der Waals surface area contributed by atoms with Crippen molar-refractivity contribution in [1.29, 1.82) is 0 Å². The van der Waals surface area contributed by atoms with E-state index in [1.54, 1.807) is 17.7 Å². The Morgan fingerprint density at radius 2 is 2.35 bits per heavy atom. The number of aryl methyl sites for hydroxylation is 1. The molecular formula is C12H18N4S. The van der Waals surface area contributed by atoms with E-state index in [4.69, 9.17) is 0 Å². The maximum absolute atomic E-state index is 4.14. The van der Waals surface area contributed by atoms with Crippen molar-refractivity contribution in [2.24, 2.45) is 7.05 Å². The van der Waals surface area contributed by atoms with Gasteiger partial charge in [0.25, 0.3) is 0 Å². The fourth-order valence-corrected chi connectivity index (χ4v) is 2.82. The zero-order valence-corrected chi connectivity index (χ0v) is 11.2. The van der Waals surface area contributed by atoms with Crippen molar-refractivity contribution in [2.45, 2.75) is 32.4 Å². The van der Waals surface area contributed by atoms with Crippen LogP contribution in [-0.4, -0.2) is 14.8 Å². The molecule has 0 aliphatic carbocycles. The number of thiophene rings is 1. The van der Waals surface area contributed by atoms with Crippen LogP contribution in [0.1, 0.15) is 43.1 Å². The van der Waals surface area contributed by atoms with Gasteiger partial charge in [0.1, 0.15) is 12.2 Å². The highest BCUT2D eigenvalue weighted by Gasteiger charge is 2.17. The zero-order valence-electron chi connectivity index (χ0n) is 10.4. The van der Waals surface area contributed by atoms with E-state index < -0.39 is 0 Å². The number of nitrogens with one attached hydrogen (secondary N) is 1. The molecule has 92 valence electrons. The molecule has 2 aromatic rings. The Hall–Kier alpha value is -1.20. The lowest BCUT2D eigenvalue weighted by atomic mass is 10.1. The van der Waals surface area contributed by atoms with E-state index in [9.17, 15) is 0 Å². The molecule has 0 spiro atoms. The number of nitrogens with zero attached hydrogens (tertiary/aromatic N) is 3. The predicted octanol–water partition coefficient (Wildman–Crippen LogP) is 2.68. The van der Waals surface area contributed by atoms with Gasteiger partial charge in [-0.3, -0.25) is 5.32 Å². The minimum atomic E-state index is 0.203. The van der Waals surface area contributed by atoms with Crippen LogP contribution in [0.5, 0.6) is 0 Å². The molecule has 5 heteroatoms. The SMILES string of the molecule is CCC(NC(C)c1nncn1C)c1cccs1. The van der Waals surface area contributed by atoms with E-state index in [2.05, 4.69) is 46.9 Å². The maximum Gasteiger partial charge on any atom is 0.149 e. The summed E-state index contributed by atoms with van der Waals surface area (Å²) in [6.45, 7) is 4.32. The lowest BCUT2D eigenvalue weighted by Gasteiger charge is -2.20. The third kappa shape index (κ3) is 2.73. The highest BCUT2D eigenvalue weighted by atomic mass is 32.1. The van der Waals surface area contributed by atoms with Gasteiger partial charge in [-0.15, -0.1) is 21.5 Å². The van der Waals surface area contributed by atoms with Crippen LogP contribution in [0.25, 0.3) is 0 Å². The van der Waals surface area contributed by atoms with E-state index >= 15 is 0 Å². The van der Waals surface area contributed by atoms with Crippen LogP contribution in [-0.2, 0) is 7.05 Å². The van der Waals surface area contributed by atoms with Crippen LogP contribution in [0.3, 0.4) is 0 Å². The van der Waals surface area contributed by atoms with E-state index in [1.807, 2.05) is 11.6 Å². The molecule has 4 nitrogen and oxygen atoms in total. The second-order valence-electron chi connectivity index (χ2n) is 4.16. The van der Waals surface area contributed by atoms with Crippen LogP contribution < -0.4 is 5.32 Å². The first-order chi connectivity index (χ1) is 8.22. The quantitative estimate of drug-likeness (QED) is 0.887. The molecule has 0 radical (unpaired) electrons. The average Bonchev–Trinajstić information content (AvgIpc) is 2.96. The van der Waals surface area contributed by atoms with Crippen LogP contribution in [0.2, 0.25) is 0 Å². The Labute approximate surface area is 106 Å². The molecule has 17 heavy (non-hydrogen) atoms. The van der Waals surface area contributed by atoms with Crippen LogP contribution >= 0.6 is 11.3 Å². The summed E-state index contributed by atoms with van der Waals surface area (Å²) in [4.78, 5) is 1.38. The van der Waals surface area contributed by atoms with Gasteiger partial charge in [0.15, 0.2) is 0 Å². The molecule has 2 heterocycles. The number of aromatic nitrogens is 3. The summed E-state index contributed by atoms with van der Waals surface area (Å²) in [5.41, 5.74) is 0. The molecule has 2 unspecified atom stereocenters. The largest absolute Gasteiger partial charge is 0.319 e. The fraction of sp³-hybridized carbons (Fsp3) is 0.500. The normalized spacial score (nSPS) is 14.8. The van der Waals surface area contributed by atoms with E-state index in [0.29, 0.717) is 6.04 Å². The molecule has 0 saturated heterocycles. The van der Waals surface area contributed by atoms with E-state index in [1.165, 1.54) is 4.88 Å². The number of hydrogen-bond acceptors (Lipinski definition) is 4. The third-order valence-electron chi connectivity index (χ3n) is 2.88. The third-order valence-corrected chi connectivity index (χ3v) is 3.87. The molecule has 1 N–H and O–H groups in total. The van der Waals surface area contributed by atoms with Crippen LogP contribution in [0, 0.1) is 0 Å². The standard InChI is InChI=1S/C12H18N4S/c1-4-10(11-6-5-7-17-11)14-9(2)12-15-13-8-16(12)3/h5-10,14H,4H2,1-3H3. The highest BCUT2D eigenvalue weighted by Crippen LogP contribution is 2.24. The maximum atomic E-state index is 4.14. The molecule has 0 aliphatic rings. The van der Waals surface area contributed by atoms with Gasteiger partial charge >= 0.3 is 0 Å². The summed E-state index contributed by atoms with van der Waals surface area (Å²) < 4.78 is 1.96. The Bertz CT molecular complexity index is 449. The van der Waals surface area contributed by atoms with Gasteiger partial charge < -0.3 is 4.57 Å². The first-order valence-electron chi connectivity index (χ1n) is 5.85. The molecule has 2 atom stereocenters. The van der Waals surface area contributed by atoms with Crippen LogP contribution in [0.4, 0.5) is 0 Å². The van der Waals surface area contributed by atoms with Gasteiger partial charge in [0.2, 0.25) is 0 Å². The summed E-state index contributed by atoms with van der Waals surface area (Å²) in [6.07, 6.45) is 2.81. The van der Waals surface area contributed by atoms with Crippen molar-refractivity contribution >= 4 is 11.3 Å². The molecule has 2 rings (SSSR count). The lowest BCUT2D eigenvalue weighted by molar-refractivity contribution is 0.439. The van der Waals surface area contributed by atoms with E-state index in [0.717, 1.165) is 12.2 Å². The summed E-state index contributed by atoms with van der Waals surface area (Å²) in [7, 11) is 1.97. The smallest absolute Gasteiger partial charge is 0.149 e. The van der Waals surface area contributed by atoms with Crippen molar-refractivity contribution in [3.63, 3.8) is 0 Å². The molecule has 0 aromatic carbocycles. The fourth-order valence-electron chi connectivity index (χ4n) is 1.95. The lowest BCUT2D eigenvalue weighted by Crippen LogP contribution is -2.25. The van der Waals surface area contributed by atoms with Gasteiger partial charge in [-0.1, -0.05) is 13.0 Å². The van der Waals surface area contributed by atoms with Gasteiger partial charge in [-0.25, -0.2) is 0 Å². The van der Waals surface area contributed by atoms with Gasteiger partial charge in [0.05, 0.1) is 6.04 Å². The molecule has 0 amide bonds. The average molecular weight is 250 g/mol.